The van der Waals surface area contributed by atoms with Crippen LogP contribution in [-0.4, -0.2) is 37.0 Å². The maximum Gasteiger partial charge on any atom is 0.191 e. The van der Waals surface area contributed by atoms with Crippen molar-refractivity contribution in [2.24, 2.45) is 4.99 Å². The molecule has 3 rings (SSSR count). The van der Waals surface area contributed by atoms with Crippen molar-refractivity contribution in [2.75, 3.05) is 20.1 Å². The van der Waals surface area contributed by atoms with E-state index in [1.54, 1.807) is 0 Å². The third kappa shape index (κ3) is 6.77. The second-order valence-electron chi connectivity index (χ2n) is 7.20. The first-order valence-corrected chi connectivity index (χ1v) is 9.61. The molecule has 1 aliphatic heterocycles. The van der Waals surface area contributed by atoms with Crippen molar-refractivity contribution in [3.8, 4) is 0 Å². The van der Waals surface area contributed by atoms with Gasteiger partial charge in [0.05, 0.1) is 0 Å². The van der Waals surface area contributed by atoms with Crippen molar-refractivity contribution in [3.63, 3.8) is 0 Å². The molecular formula is C20H33IN4. The molecule has 4 nitrogen and oxygen atoms in total. The highest BCUT2D eigenvalue weighted by Crippen LogP contribution is 2.17. The molecule has 0 atom stereocenters. The Morgan fingerprint density at radius 3 is 2.28 bits per heavy atom. The molecule has 0 amide bonds. The summed E-state index contributed by atoms with van der Waals surface area (Å²) in [5, 5.41) is 7.02. The fourth-order valence-corrected chi connectivity index (χ4v) is 3.78. The fourth-order valence-electron chi connectivity index (χ4n) is 3.78. The fraction of sp³-hybridized carbons (Fsp3) is 0.650. The van der Waals surface area contributed by atoms with E-state index in [0.717, 1.165) is 19.0 Å². The van der Waals surface area contributed by atoms with Gasteiger partial charge in [-0.25, -0.2) is 0 Å². The molecule has 140 valence electrons. The van der Waals surface area contributed by atoms with Crippen LogP contribution in [0.1, 0.15) is 56.1 Å². The van der Waals surface area contributed by atoms with E-state index in [-0.39, 0.29) is 24.0 Å². The van der Waals surface area contributed by atoms with Crippen LogP contribution in [0.4, 0.5) is 0 Å². The lowest BCUT2D eigenvalue weighted by Gasteiger charge is -2.25. The summed E-state index contributed by atoms with van der Waals surface area (Å²) >= 11 is 0. The van der Waals surface area contributed by atoms with E-state index >= 15 is 0 Å². The van der Waals surface area contributed by atoms with Crippen LogP contribution in [0, 0.1) is 0 Å². The molecule has 5 heteroatoms. The average molecular weight is 456 g/mol. The van der Waals surface area contributed by atoms with E-state index in [1.807, 2.05) is 7.05 Å². The van der Waals surface area contributed by atoms with Crippen LogP contribution in [0.5, 0.6) is 0 Å². The Balaban J connectivity index is 0.00000225. The number of rotatable bonds is 5. The molecule has 0 spiro atoms. The normalized spacial score (nSPS) is 19.5. The van der Waals surface area contributed by atoms with Gasteiger partial charge in [-0.1, -0.05) is 43.5 Å². The van der Waals surface area contributed by atoms with Crippen LogP contribution in [0.15, 0.2) is 29.3 Å². The summed E-state index contributed by atoms with van der Waals surface area (Å²) in [5.74, 6) is 0.933. The Hall–Kier alpha value is -0.820. The Morgan fingerprint density at radius 2 is 1.64 bits per heavy atom. The minimum Gasteiger partial charge on any atom is -0.354 e. The molecule has 1 aliphatic carbocycles. The molecule has 25 heavy (non-hydrogen) atoms. The van der Waals surface area contributed by atoms with E-state index in [9.17, 15) is 0 Å². The van der Waals surface area contributed by atoms with E-state index in [0.29, 0.717) is 6.04 Å². The predicted molar refractivity (Wildman–Crippen MR) is 117 cm³/mol. The molecule has 1 saturated carbocycles. The molecule has 0 unspecified atom stereocenters. The first kappa shape index (κ1) is 20.5. The molecule has 2 aliphatic rings. The highest BCUT2D eigenvalue weighted by molar-refractivity contribution is 14.0. The molecule has 1 heterocycles. The lowest BCUT2D eigenvalue weighted by molar-refractivity contribution is 0.331. The van der Waals surface area contributed by atoms with Crippen LogP contribution in [0.25, 0.3) is 0 Å². The highest BCUT2D eigenvalue weighted by Gasteiger charge is 2.14. The third-order valence-corrected chi connectivity index (χ3v) is 5.26. The van der Waals surface area contributed by atoms with E-state index in [1.165, 1.54) is 69.2 Å². The lowest BCUT2D eigenvalue weighted by atomic mass is 9.96. The van der Waals surface area contributed by atoms with Crippen LogP contribution >= 0.6 is 24.0 Å². The van der Waals surface area contributed by atoms with Crippen LogP contribution in [0.3, 0.4) is 0 Å². The Kier molecular flexibility index (Phi) is 9.03. The van der Waals surface area contributed by atoms with Gasteiger partial charge >= 0.3 is 0 Å². The number of hydrogen-bond acceptors (Lipinski definition) is 2. The van der Waals surface area contributed by atoms with Gasteiger partial charge in [-0.15, -0.1) is 24.0 Å². The topological polar surface area (TPSA) is 39.7 Å². The van der Waals surface area contributed by atoms with Crippen molar-refractivity contribution < 1.29 is 0 Å². The molecule has 0 radical (unpaired) electrons. The standard InChI is InChI=1S/C20H32N4.HI/c1-21-20(23-19-7-3-2-4-8-19)22-15-17-9-11-18(12-10-17)16-24-13-5-6-14-24;/h9-12,19H,2-8,13-16H2,1H3,(H2,21,22,23);1H. The smallest absolute Gasteiger partial charge is 0.191 e. The summed E-state index contributed by atoms with van der Waals surface area (Å²) < 4.78 is 0. The molecule has 2 N–H and O–H groups in total. The van der Waals surface area contributed by atoms with Gasteiger partial charge in [0.15, 0.2) is 5.96 Å². The first-order chi connectivity index (χ1) is 11.8. The van der Waals surface area contributed by atoms with Gasteiger partial charge in [0.25, 0.3) is 0 Å². The monoisotopic (exact) mass is 456 g/mol. The van der Waals surface area contributed by atoms with E-state index < -0.39 is 0 Å². The van der Waals surface area contributed by atoms with Crippen molar-refractivity contribution in [2.45, 2.75) is 64.1 Å². The van der Waals surface area contributed by atoms with Crippen LogP contribution in [0.2, 0.25) is 0 Å². The number of aliphatic imine (C=N–C) groups is 1. The zero-order chi connectivity index (χ0) is 16.6. The van der Waals surface area contributed by atoms with E-state index in [4.69, 9.17) is 0 Å². The zero-order valence-corrected chi connectivity index (χ0v) is 17.8. The first-order valence-electron chi connectivity index (χ1n) is 9.61. The Labute approximate surface area is 169 Å². The van der Waals surface area contributed by atoms with Crippen molar-refractivity contribution in [1.29, 1.82) is 0 Å². The maximum absolute atomic E-state index is 4.37. The van der Waals surface area contributed by atoms with Gasteiger partial charge in [-0.2, -0.15) is 0 Å². The summed E-state index contributed by atoms with van der Waals surface area (Å²) in [4.78, 5) is 6.92. The summed E-state index contributed by atoms with van der Waals surface area (Å²) in [7, 11) is 1.86. The SMILES string of the molecule is CN=C(NCc1ccc(CN2CCCC2)cc1)NC1CCCCC1.I. The number of likely N-dealkylation sites (tertiary alicyclic amines) is 1. The van der Waals surface area contributed by atoms with Gasteiger partial charge in [0.2, 0.25) is 0 Å². The van der Waals surface area contributed by atoms with Gasteiger partial charge in [0, 0.05) is 26.2 Å². The van der Waals surface area contributed by atoms with Gasteiger partial charge in [-0.05, 0) is 49.9 Å². The minimum atomic E-state index is 0. The number of nitrogens with zero attached hydrogens (tertiary/aromatic N) is 2. The Bertz CT molecular complexity index is 517. The number of hydrogen-bond donors (Lipinski definition) is 2. The highest BCUT2D eigenvalue weighted by atomic mass is 127. The van der Waals surface area contributed by atoms with Crippen molar-refractivity contribution >= 4 is 29.9 Å². The van der Waals surface area contributed by atoms with Crippen LogP contribution < -0.4 is 10.6 Å². The van der Waals surface area contributed by atoms with Gasteiger partial charge < -0.3 is 10.6 Å². The molecule has 1 saturated heterocycles. The average Bonchev–Trinajstić information content (AvgIpc) is 3.14. The summed E-state index contributed by atoms with van der Waals surface area (Å²) in [5.41, 5.74) is 2.73. The van der Waals surface area contributed by atoms with Crippen molar-refractivity contribution in [1.82, 2.24) is 15.5 Å². The predicted octanol–water partition coefficient (Wildman–Crippen LogP) is 3.90. The molecule has 1 aromatic carbocycles. The molecule has 0 aromatic heterocycles. The summed E-state index contributed by atoms with van der Waals surface area (Å²) in [6, 6.07) is 9.62. The minimum absolute atomic E-state index is 0. The second-order valence-corrected chi connectivity index (χ2v) is 7.20. The molecule has 1 aromatic rings. The maximum atomic E-state index is 4.37. The van der Waals surface area contributed by atoms with Gasteiger partial charge in [0.1, 0.15) is 0 Å². The van der Waals surface area contributed by atoms with Crippen molar-refractivity contribution in [3.05, 3.63) is 35.4 Å². The second kappa shape index (κ2) is 11.0. The Morgan fingerprint density at radius 1 is 1.00 bits per heavy atom. The largest absolute Gasteiger partial charge is 0.354 e. The number of guanidine groups is 1. The third-order valence-electron chi connectivity index (χ3n) is 5.26. The van der Waals surface area contributed by atoms with E-state index in [2.05, 4.69) is 44.8 Å². The summed E-state index contributed by atoms with van der Waals surface area (Å²) in [6.45, 7) is 4.44. The zero-order valence-electron chi connectivity index (χ0n) is 15.5. The van der Waals surface area contributed by atoms with Crippen LogP contribution in [-0.2, 0) is 13.1 Å². The molecular weight excluding hydrogens is 423 g/mol. The van der Waals surface area contributed by atoms with Gasteiger partial charge in [-0.3, -0.25) is 9.89 Å². The summed E-state index contributed by atoms with van der Waals surface area (Å²) in [6.07, 6.45) is 9.32. The number of benzene rings is 1. The number of nitrogens with one attached hydrogen (secondary N) is 2. The molecule has 2 fully saturated rings. The molecule has 0 bridgehead atoms. The number of halogens is 1. The lowest BCUT2D eigenvalue weighted by Crippen LogP contribution is -2.43. The quantitative estimate of drug-likeness (QED) is 0.401.